The predicted molar refractivity (Wildman–Crippen MR) is 97.4 cm³/mol. The molecule has 26 heavy (non-hydrogen) atoms. The fourth-order valence-corrected chi connectivity index (χ4v) is 4.10. The lowest BCUT2D eigenvalue weighted by atomic mass is 9.93. The lowest BCUT2D eigenvalue weighted by Crippen LogP contribution is -2.32. The Labute approximate surface area is 164 Å². The van der Waals surface area contributed by atoms with Crippen LogP contribution >= 0.6 is 34.8 Å². The van der Waals surface area contributed by atoms with Crippen molar-refractivity contribution < 1.29 is 18.7 Å². The van der Waals surface area contributed by atoms with Gasteiger partial charge < -0.3 is 4.74 Å². The standard InChI is InChI=1S/C18H15Cl3FNO3/c19-12-5-13(22)14(6-15(12)26-8-9-7-18(9,20)21)23-16(24)10-3-1-2-4-11(10)17(23)25/h5-6,9H,1-4,7-8H2. The number of halogens is 4. The number of alkyl halides is 2. The van der Waals surface area contributed by atoms with Crippen molar-refractivity contribution in [3.05, 3.63) is 34.1 Å². The lowest BCUT2D eigenvalue weighted by Gasteiger charge is -2.18. The summed E-state index contributed by atoms with van der Waals surface area (Å²) in [4.78, 5) is 26.2. The Hall–Kier alpha value is -1.30. The number of hydrogen-bond acceptors (Lipinski definition) is 3. The van der Waals surface area contributed by atoms with Gasteiger partial charge in [-0.15, -0.1) is 23.2 Å². The maximum absolute atomic E-state index is 14.5. The van der Waals surface area contributed by atoms with Crippen LogP contribution in [0.3, 0.4) is 0 Å². The highest BCUT2D eigenvalue weighted by Crippen LogP contribution is 2.53. The average molecular weight is 419 g/mol. The van der Waals surface area contributed by atoms with Gasteiger partial charge in [-0.2, -0.15) is 0 Å². The fourth-order valence-electron chi connectivity index (χ4n) is 3.40. The lowest BCUT2D eigenvalue weighted by molar-refractivity contribution is -0.120. The third kappa shape index (κ3) is 3.00. The Morgan fingerprint density at radius 3 is 2.27 bits per heavy atom. The van der Waals surface area contributed by atoms with E-state index in [4.69, 9.17) is 39.5 Å². The predicted octanol–water partition coefficient (Wildman–Crippen LogP) is 4.80. The van der Waals surface area contributed by atoms with Crippen LogP contribution in [-0.2, 0) is 9.59 Å². The normalized spacial score (nSPS) is 24.2. The van der Waals surface area contributed by atoms with Crippen molar-refractivity contribution in [2.24, 2.45) is 5.92 Å². The third-order valence-electron chi connectivity index (χ3n) is 5.03. The first-order valence-electron chi connectivity index (χ1n) is 8.40. The van der Waals surface area contributed by atoms with Crippen LogP contribution in [0.15, 0.2) is 23.3 Å². The van der Waals surface area contributed by atoms with E-state index in [2.05, 4.69) is 0 Å². The minimum absolute atomic E-state index is 0.0422. The Kier molecular flexibility index (Phi) is 4.45. The molecule has 4 rings (SSSR count). The molecule has 8 heteroatoms. The number of anilines is 1. The minimum Gasteiger partial charge on any atom is -0.492 e. The van der Waals surface area contributed by atoms with Crippen molar-refractivity contribution >= 4 is 52.3 Å². The third-order valence-corrected chi connectivity index (χ3v) is 6.25. The minimum atomic E-state index is -0.806. The SMILES string of the molecule is O=C1C2=C(CCCC2)C(=O)N1c1cc(OCC2CC2(Cl)Cl)c(Cl)cc1F. The Morgan fingerprint density at radius 1 is 1.15 bits per heavy atom. The van der Waals surface area contributed by atoms with E-state index < -0.39 is 22.0 Å². The number of ether oxygens (including phenoxy) is 1. The summed E-state index contributed by atoms with van der Waals surface area (Å²) in [6.07, 6.45) is 3.39. The van der Waals surface area contributed by atoms with Crippen LogP contribution in [0.4, 0.5) is 10.1 Å². The van der Waals surface area contributed by atoms with Gasteiger partial charge in [-0.3, -0.25) is 9.59 Å². The van der Waals surface area contributed by atoms with Gasteiger partial charge in [-0.25, -0.2) is 9.29 Å². The second-order valence-corrected chi connectivity index (χ2v) is 8.77. The number of nitrogens with zero attached hydrogens (tertiary/aromatic N) is 1. The van der Waals surface area contributed by atoms with Crippen molar-refractivity contribution in [3.63, 3.8) is 0 Å². The van der Waals surface area contributed by atoms with Crippen LogP contribution in [0, 0.1) is 11.7 Å². The Bertz CT molecular complexity index is 824. The highest BCUT2D eigenvalue weighted by atomic mass is 35.5. The Balaban J connectivity index is 1.61. The molecule has 0 aromatic heterocycles. The van der Waals surface area contributed by atoms with Crippen molar-refractivity contribution in [2.45, 2.75) is 36.4 Å². The van der Waals surface area contributed by atoms with Gasteiger partial charge in [0, 0.05) is 23.1 Å². The number of imide groups is 1. The van der Waals surface area contributed by atoms with Gasteiger partial charge >= 0.3 is 0 Å². The van der Waals surface area contributed by atoms with E-state index in [0.717, 1.165) is 23.8 Å². The first kappa shape index (κ1) is 18.1. The first-order valence-corrected chi connectivity index (χ1v) is 9.53. The zero-order chi connectivity index (χ0) is 18.6. The summed E-state index contributed by atoms with van der Waals surface area (Å²) in [6, 6.07) is 2.34. The monoisotopic (exact) mass is 417 g/mol. The van der Waals surface area contributed by atoms with E-state index in [0.29, 0.717) is 30.4 Å². The number of carbonyl (C=O) groups excluding carboxylic acids is 2. The van der Waals surface area contributed by atoms with E-state index in [-0.39, 0.29) is 29.0 Å². The molecule has 0 spiro atoms. The maximum Gasteiger partial charge on any atom is 0.261 e. The molecule has 1 atom stereocenters. The molecule has 0 N–H and O–H groups in total. The van der Waals surface area contributed by atoms with E-state index in [9.17, 15) is 14.0 Å². The summed E-state index contributed by atoms with van der Waals surface area (Å²) in [7, 11) is 0. The molecule has 1 saturated carbocycles. The molecular weight excluding hydrogens is 404 g/mol. The average Bonchev–Trinajstić information content (AvgIpc) is 3.13. The van der Waals surface area contributed by atoms with Gasteiger partial charge in [-0.1, -0.05) is 11.6 Å². The molecule has 0 radical (unpaired) electrons. The highest BCUT2D eigenvalue weighted by Gasteiger charge is 2.52. The summed E-state index contributed by atoms with van der Waals surface area (Å²) in [5.74, 6) is -1.53. The van der Waals surface area contributed by atoms with Crippen molar-refractivity contribution in [1.29, 1.82) is 0 Å². The van der Waals surface area contributed by atoms with Crippen LogP contribution in [0.25, 0.3) is 0 Å². The van der Waals surface area contributed by atoms with Crippen LogP contribution < -0.4 is 9.64 Å². The van der Waals surface area contributed by atoms with Gasteiger partial charge in [0.25, 0.3) is 11.8 Å². The fraction of sp³-hybridized carbons (Fsp3) is 0.444. The number of rotatable bonds is 4. The number of benzene rings is 1. The van der Waals surface area contributed by atoms with E-state index in [1.807, 2.05) is 0 Å². The van der Waals surface area contributed by atoms with Crippen LogP contribution in [0.5, 0.6) is 5.75 Å². The molecule has 4 nitrogen and oxygen atoms in total. The largest absolute Gasteiger partial charge is 0.492 e. The van der Waals surface area contributed by atoms with Crippen molar-refractivity contribution in [1.82, 2.24) is 0 Å². The van der Waals surface area contributed by atoms with Crippen LogP contribution in [0.2, 0.25) is 5.02 Å². The summed E-state index contributed by atoms with van der Waals surface area (Å²) >= 11 is 18.0. The van der Waals surface area contributed by atoms with E-state index in [1.165, 1.54) is 6.07 Å². The van der Waals surface area contributed by atoms with Gasteiger partial charge in [-0.05, 0) is 38.2 Å². The van der Waals surface area contributed by atoms with Crippen molar-refractivity contribution in [3.8, 4) is 5.75 Å². The quantitative estimate of drug-likeness (QED) is 0.521. The zero-order valence-corrected chi connectivity index (χ0v) is 15.9. The molecule has 0 saturated heterocycles. The summed E-state index contributed by atoms with van der Waals surface area (Å²) < 4.78 is 19.3. The summed E-state index contributed by atoms with van der Waals surface area (Å²) in [5, 5.41) is 0.0541. The number of carbonyl (C=O) groups is 2. The summed E-state index contributed by atoms with van der Waals surface area (Å²) in [6.45, 7) is 0.217. The molecule has 1 aromatic rings. The van der Waals surface area contributed by atoms with E-state index in [1.54, 1.807) is 0 Å². The number of hydrogen-bond donors (Lipinski definition) is 0. The molecule has 1 unspecified atom stereocenters. The molecule has 1 fully saturated rings. The molecule has 3 aliphatic rings. The molecule has 1 aromatic carbocycles. The van der Waals surface area contributed by atoms with Crippen LogP contribution in [-0.4, -0.2) is 22.8 Å². The first-order chi connectivity index (χ1) is 12.3. The summed E-state index contributed by atoms with van der Waals surface area (Å²) in [5.41, 5.74) is 0.836. The second-order valence-electron chi connectivity index (χ2n) is 6.82. The van der Waals surface area contributed by atoms with Gasteiger partial charge in [0.15, 0.2) is 0 Å². The van der Waals surface area contributed by atoms with Gasteiger partial charge in [0.05, 0.1) is 17.3 Å². The second kappa shape index (κ2) is 6.39. The number of amides is 2. The van der Waals surface area contributed by atoms with E-state index >= 15 is 0 Å². The smallest absolute Gasteiger partial charge is 0.261 e. The topological polar surface area (TPSA) is 46.6 Å². The molecule has 1 heterocycles. The molecule has 0 bridgehead atoms. The van der Waals surface area contributed by atoms with Gasteiger partial charge in [0.2, 0.25) is 0 Å². The highest BCUT2D eigenvalue weighted by molar-refractivity contribution is 6.50. The van der Waals surface area contributed by atoms with Crippen molar-refractivity contribution in [2.75, 3.05) is 11.5 Å². The molecule has 2 amide bonds. The van der Waals surface area contributed by atoms with Crippen LogP contribution in [0.1, 0.15) is 32.1 Å². The zero-order valence-electron chi connectivity index (χ0n) is 13.7. The molecule has 1 aliphatic heterocycles. The Morgan fingerprint density at radius 2 is 1.73 bits per heavy atom. The molecule has 138 valence electrons. The maximum atomic E-state index is 14.5. The molecular formula is C18H15Cl3FNO3. The van der Waals surface area contributed by atoms with Gasteiger partial charge in [0.1, 0.15) is 15.9 Å². The molecule has 2 aliphatic carbocycles.